The molecule has 1 N–H and O–H groups in total. The lowest BCUT2D eigenvalue weighted by atomic mass is 9.99. The maximum Gasteiger partial charge on any atom is 0.323 e. The van der Waals surface area contributed by atoms with Crippen LogP contribution in [-0.2, 0) is 29.0 Å². The van der Waals surface area contributed by atoms with Crippen LogP contribution >= 0.6 is 0 Å². The molecular weight excluding hydrogens is 523 g/mol. The van der Waals surface area contributed by atoms with E-state index < -0.39 is 24.2 Å². The van der Waals surface area contributed by atoms with Crippen LogP contribution in [0.25, 0.3) is 0 Å². The molecule has 3 aromatic rings. The Balaban J connectivity index is 1.60. The molecule has 41 heavy (non-hydrogen) atoms. The van der Waals surface area contributed by atoms with Crippen molar-refractivity contribution in [3.8, 4) is 5.75 Å². The fourth-order valence-electron chi connectivity index (χ4n) is 4.93. The van der Waals surface area contributed by atoms with E-state index in [2.05, 4.69) is 43.0 Å². The summed E-state index contributed by atoms with van der Waals surface area (Å²) in [6.45, 7) is 8.05. The van der Waals surface area contributed by atoms with Gasteiger partial charge in [-0.3, -0.25) is 14.5 Å². The second-order valence-corrected chi connectivity index (χ2v) is 10.9. The minimum atomic E-state index is -1.14. The monoisotopic (exact) mass is 562 g/mol. The van der Waals surface area contributed by atoms with Gasteiger partial charge in [-0.1, -0.05) is 50.2 Å². The lowest BCUT2D eigenvalue weighted by Gasteiger charge is -2.24. The van der Waals surface area contributed by atoms with E-state index in [9.17, 15) is 19.1 Å². The van der Waals surface area contributed by atoms with Gasteiger partial charge in [0.05, 0.1) is 13.2 Å². The Morgan fingerprint density at radius 3 is 2.59 bits per heavy atom. The smallest absolute Gasteiger partial charge is 0.323 e. The third-order valence-electron chi connectivity index (χ3n) is 7.04. The highest BCUT2D eigenvalue weighted by Gasteiger charge is 2.21. The Kier molecular flexibility index (Phi) is 10.9. The highest BCUT2D eigenvalue weighted by Crippen LogP contribution is 2.26. The molecule has 0 saturated heterocycles. The van der Waals surface area contributed by atoms with E-state index in [0.29, 0.717) is 49.0 Å². The van der Waals surface area contributed by atoms with E-state index in [-0.39, 0.29) is 6.54 Å². The van der Waals surface area contributed by atoms with Crippen LogP contribution in [-0.4, -0.2) is 66.2 Å². The fourth-order valence-corrected chi connectivity index (χ4v) is 4.93. The molecule has 3 aromatic carbocycles. The number of carboxylic acids is 1. The fraction of sp³-hybridized carbons (Fsp3) is 0.394. The van der Waals surface area contributed by atoms with Gasteiger partial charge < -0.3 is 19.5 Å². The number of carbonyl (C=O) groups is 2. The molecule has 0 radical (unpaired) electrons. The number of fused-ring (bicyclic) bond motifs is 3. The molecule has 0 spiro atoms. The lowest BCUT2D eigenvalue weighted by molar-refractivity contribution is -0.137. The quantitative estimate of drug-likeness (QED) is 0.396. The van der Waals surface area contributed by atoms with Gasteiger partial charge in [-0.05, 0) is 71.5 Å². The van der Waals surface area contributed by atoms with Crippen molar-refractivity contribution in [2.75, 3.05) is 39.5 Å². The number of ether oxygens (including phenoxy) is 2. The van der Waals surface area contributed by atoms with E-state index in [0.717, 1.165) is 37.2 Å². The number of amides is 1. The molecule has 0 aliphatic carbocycles. The molecule has 0 saturated carbocycles. The Hall–Kier alpha value is -3.75. The number of carbonyl (C=O) groups excluding carboxylic acids is 1. The number of carboxylic acid groups (broad SMARTS) is 1. The zero-order chi connectivity index (χ0) is 29.2. The van der Waals surface area contributed by atoms with Crippen LogP contribution in [0.15, 0.2) is 66.7 Å². The molecule has 2 bridgehead atoms. The van der Waals surface area contributed by atoms with Gasteiger partial charge in [0, 0.05) is 31.6 Å². The molecule has 8 heteroatoms. The summed E-state index contributed by atoms with van der Waals surface area (Å²) in [5, 5.41) is 9.48. The van der Waals surface area contributed by atoms with Gasteiger partial charge in [0.15, 0.2) is 0 Å². The first-order valence-corrected chi connectivity index (χ1v) is 14.2. The minimum Gasteiger partial charge on any atom is -0.491 e. The molecule has 4 rings (SSSR count). The Bertz CT molecular complexity index is 1330. The molecule has 1 heterocycles. The van der Waals surface area contributed by atoms with Gasteiger partial charge in [-0.25, -0.2) is 4.39 Å². The topological polar surface area (TPSA) is 79.3 Å². The molecule has 0 atom stereocenters. The molecular formula is C33H39FN2O5. The molecule has 1 aliphatic heterocycles. The molecule has 1 amide bonds. The summed E-state index contributed by atoms with van der Waals surface area (Å²) >= 11 is 0. The Labute approximate surface area is 241 Å². The van der Waals surface area contributed by atoms with Crippen LogP contribution in [0, 0.1) is 11.7 Å². The summed E-state index contributed by atoms with van der Waals surface area (Å²) in [4.78, 5) is 28.8. The molecule has 0 aromatic heterocycles. The highest BCUT2D eigenvalue weighted by atomic mass is 19.1. The highest BCUT2D eigenvalue weighted by molar-refractivity contribution is 5.96. The molecule has 218 valence electrons. The van der Waals surface area contributed by atoms with E-state index in [1.165, 1.54) is 22.6 Å². The van der Waals surface area contributed by atoms with Crippen LogP contribution in [0.3, 0.4) is 0 Å². The van der Waals surface area contributed by atoms with E-state index in [1.807, 2.05) is 0 Å². The number of rotatable bonds is 8. The van der Waals surface area contributed by atoms with Crippen molar-refractivity contribution in [3.05, 3.63) is 100 Å². The van der Waals surface area contributed by atoms with E-state index in [4.69, 9.17) is 9.47 Å². The minimum absolute atomic E-state index is 0.0246. The van der Waals surface area contributed by atoms with Crippen molar-refractivity contribution in [2.24, 2.45) is 5.92 Å². The molecule has 1 aliphatic rings. The van der Waals surface area contributed by atoms with Crippen molar-refractivity contribution in [3.63, 3.8) is 0 Å². The van der Waals surface area contributed by atoms with Crippen LogP contribution in [0.5, 0.6) is 5.75 Å². The van der Waals surface area contributed by atoms with Crippen molar-refractivity contribution >= 4 is 11.9 Å². The van der Waals surface area contributed by atoms with Gasteiger partial charge >= 0.3 is 5.97 Å². The van der Waals surface area contributed by atoms with Crippen LogP contribution in [0.1, 0.15) is 52.9 Å². The summed E-state index contributed by atoms with van der Waals surface area (Å²) in [5.41, 5.74) is 3.98. The molecule has 0 unspecified atom stereocenters. The van der Waals surface area contributed by atoms with Crippen LogP contribution < -0.4 is 4.74 Å². The first-order chi connectivity index (χ1) is 19.8. The zero-order valence-corrected chi connectivity index (χ0v) is 23.9. The summed E-state index contributed by atoms with van der Waals surface area (Å²) < 4.78 is 25.7. The zero-order valence-electron chi connectivity index (χ0n) is 23.9. The van der Waals surface area contributed by atoms with Crippen LogP contribution in [0.2, 0.25) is 0 Å². The summed E-state index contributed by atoms with van der Waals surface area (Å²) in [6.07, 6.45) is 1.66. The van der Waals surface area contributed by atoms with Crippen molar-refractivity contribution < 1.29 is 28.6 Å². The average molecular weight is 563 g/mol. The summed E-state index contributed by atoms with van der Waals surface area (Å²) in [7, 11) is 0. The number of halogens is 1. The number of nitrogens with zero attached hydrogens (tertiary/aromatic N) is 2. The predicted octanol–water partition coefficient (Wildman–Crippen LogP) is 5.40. The second-order valence-electron chi connectivity index (χ2n) is 10.9. The molecule has 0 fully saturated rings. The lowest BCUT2D eigenvalue weighted by Crippen LogP contribution is -2.35. The van der Waals surface area contributed by atoms with E-state index in [1.54, 1.807) is 30.3 Å². The Morgan fingerprint density at radius 2 is 1.80 bits per heavy atom. The van der Waals surface area contributed by atoms with Crippen molar-refractivity contribution in [2.45, 2.75) is 39.8 Å². The predicted molar refractivity (Wildman–Crippen MR) is 156 cm³/mol. The SMILES string of the molecule is CC(C)CCN1CCOCCOc2ccc(C(=O)N(CC(=O)O)Cc3cccc(F)c3)cc2Cc2cccc(c2)C1. The average Bonchev–Trinajstić information content (AvgIpc) is 2.93. The first kappa shape index (κ1) is 30.2. The van der Waals surface area contributed by atoms with E-state index >= 15 is 0 Å². The maximum atomic E-state index is 13.8. The summed E-state index contributed by atoms with van der Waals surface area (Å²) in [6, 6.07) is 19.4. The van der Waals surface area contributed by atoms with Gasteiger partial charge in [-0.15, -0.1) is 0 Å². The normalized spacial score (nSPS) is 14.5. The van der Waals surface area contributed by atoms with Crippen molar-refractivity contribution in [1.29, 1.82) is 0 Å². The number of aliphatic carboxylic acids is 1. The standard InChI is InChI=1S/C33H39FN2O5/c1-24(2)11-12-35-13-14-40-15-16-41-31-10-9-28(20-29(31)18-25-5-3-6-26(17-25)21-35)33(39)36(23-32(37)38)22-27-7-4-8-30(34)19-27/h3-10,17,19-20,24H,11-16,18,21-23H2,1-2H3,(H,37,38). The second kappa shape index (κ2) is 14.8. The Morgan fingerprint density at radius 1 is 1.00 bits per heavy atom. The number of hydrogen-bond acceptors (Lipinski definition) is 5. The number of hydrogen-bond donors (Lipinski definition) is 1. The van der Waals surface area contributed by atoms with Gasteiger partial charge in [-0.2, -0.15) is 0 Å². The third kappa shape index (κ3) is 9.40. The van der Waals surface area contributed by atoms with Gasteiger partial charge in [0.2, 0.25) is 0 Å². The van der Waals surface area contributed by atoms with Crippen molar-refractivity contribution in [1.82, 2.24) is 9.80 Å². The third-order valence-corrected chi connectivity index (χ3v) is 7.04. The first-order valence-electron chi connectivity index (χ1n) is 14.2. The maximum absolute atomic E-state index is 13.8. The van der Waals surface area contributed by atoms with Gasteiger partial charge in [0.25, 0.3) is 5.91 Å². The largest absolute Gasteiger partial charge is 0.491 e. The van der Waals surface area contributed by atoms with Gasteiger partial charge in [0.1, 0.15) is 24.7 Å². The van der Waals surface area contributed by atoms with Crippen LogP contribution in [0.4, 0.5) is 4.39 Å². The number of benzene rings is 3. The summed E-state index contributed by atoms with van der Waals surface area (Å²) in [5.74, 6) is -0.756. The molecule has 7 nitrogen and oxygen atoms in total.